The molecule has 1 aliphatic heterocycles. The van der Waals surface area contributed by atoms with Gasteiger partial charge in [0.2, 0.25) is 0 Å². The molecule has 3 rings (SSSR count). The second-order valence-corrected chi connectivity index (χ2v) is 10.2. The molecule has 2 atom stereocenters. The van der Waals surface area contributed by atoms with Gasteiger partial charge in [0.15, 0.2) is 5.82 Å². The van der Waals surface area contributed by atoms with E-state index in [0.29, 0.717) is 47.8 Å². The molecule has 1 aromatic heterocycles. The molecule has 0 spiro atoms. The highest BCUT2D eigenvalue weighted by atomic mass is 35.5. The Kier molecular flexibility index (Phi) is 9.95. The second-order valence-electron chi connectivity index (χ2n) is 8.23. The largest absolute Gasteiger partial charge is 0.593 e. The number of piperidine rings is 1. The van der Waals surface area contributed by atoms with Crippen LogP contribution in [0.5, 0.6) is 5.75 Å². The van der Waals surface area contributed by atoms with Crippen LogP contribution in [0.3, 0.4) is 0 Å². The van der Waals surface area contributed by atoms with E-state index in [1.54, 1.807) is 18.2 Å². The minimum atomic E-state index is -4.83. The number of likely N-dealkylation sites (tertiary alicyclic amines) is 1. The summed E-state index contributed by atoms with van der Waals surface area (Å²) in [5.41, 5.74) is -1.91. The second kappa shape index (κ2) is 12.5. The first-order chi connectivity index (χ1) is 16.9. The molecule has 36 heavy (non-hydrogen) atoms. The molecular formula is C22H25Cl2F3N4O4S. The van der Waals surface area contributed by atoms with Gasteiger partial charge in [-0.05, 0) is 31.0 Å². The van der Waals surface area contributed by atoms with Crippen molar-refractivity contribution in [1.82, 2.24) is 15.2 Å². The lowest BCUT2D eigenvalue weighted by Crippen LogP contribution is -2.45. The Bertz CT molecular complexity index is 1060. The molecule has 198 valence electrons. The van der Waals surface area contributed by atoms with Crippen LogP contribution in [-0.4, -0.2) is 70.1 Å². The van der Waals surface area contributed by atoms with Crippen molar-refractivity contribution in [1.29, 1.82) is 0 Å². The van der Waals surface area contributed by atoms with Gasteiger partial charge >= 0.3 is 6.18 Å². The summed E-state index contributed by atoms with van der Waals surface area (Å²) in [5.74, 6) is -0.678. The van der Waals surface area contributed by atoms with Gasteiger partial charge in [-0.3, -0.25) is 4.79 Å². The van der Waals surface area contributed by atoms with Gasteiger partial charge in [0.25, 0.3) is 5.91 Å². The number of aliphatic hydroxyl groups is 1. The number of β-amino-alcohol motifs (C(OH)–C–C–N with tert-alkyl or cyclic N) is 1. The van der Waals surface area contributed by atoms with Crippen molar-refractivity contribution in [2.45, 2.75) is 31.2 Å². The van der Waals surface area contributed by atoms with Gasteiger partial charge in [0, 0.05) is 38.4 Å². The van der Waals surface area contributed by atoms with Gasteiger partial charge < -0.3 is 24.6 Å². The number of alkyl halides is 3. The minimum Gasteiger partial charge on any atom is -0.593 e. The maximum atomic E-state index is 13.5. The van der Waals surface area contributed by atoms with Crippen molar-refractivity contribution >= 4 is 46.3 Å². The lowest BCUT2D eigenvalue weighted by atomic mass is 10.1. The normalized spacial score (nSPS) is 16.9. The molecule has 1 saturated heterocycles. The molecule has 8 nitrogen and oxygen atoms in total. The molecule has 1 fully saturated rings. The molecule has 2 aromatic rings. The van der Waals surface area contributed by atoms with E-state index in [4.69, 9.17) is 27.9 Å². The van der Waals surface area contributed by atoms with Crippen molar-refractivity contribution in [3.8, 4) is 5.75 Å². The lowest BCUT2D eigenvalue weighted by Gasteiger charge is -2.33. The summed E-state index contributed by atoms with van der Waals surface area (Å²) in [6, 6.07) is 5.67. The molecule has 1 amide bonds. The van der Waals surface area contributed by atoms with E-state index in [2.05, 4.69) is 15.0 Å². The Morgan fingerprint density at radius 1 is 1.31 bits per heavy atom. The monoisotopic (exact) mass is 568 g/mol. The van der Waals surface area contributed by atoms with Gasteiger partial charge in [0.05, 0.1) is 38.6 Å². The summed E-state index contributed by atoms with van der Waals surface area (Å²) >= 11 is 10.3. The maximum absolute atomic E-state index is 13.5. The number of carbonyl (C=O) groups is 1. The molecular weight excluding hydrogens is 544 g/mol. The van der Waals surface area contributed by atoms with Crippen LogP contribution >= 0.6 is 23.2 Å². The van der Waals surface area contributed by atoms with Crippen LogP contribution in [0.25, 0.3) is 0 Å². The number of carbonyl (C=O) groups excluding carboxylic acids is 1. The van der Waals surface area contributed by atoms with E-state index in [1.807, 2.05) is 4.90 Å². The molecule has 1 aliphatic rings. The van der Waals surface area contributed by atoms with Gasteiger partial charge in [0.1, 0.15) is 18.1 Å². The van der Waals surface area contributed by atoms with E-state index in [0.717, 1.165) is 6.20 Å². The predicted molar refractivity (Wildman–Crippen MR) is 132 cm³/mol. The first-order valence-corrected chi connectivity index (χ1v) is 13.2. The average molecular weight is 569 g/mol. The number of anilines is 1. The third kappa shape index (κ3) is 8.29. The molecule has 0 radical (unpaired) electrons. The number of hydrogen-bond donors (Lipinski definition) is 3. The Labute approximate surface area is 219 Å². The van der Waals surface area contributed by atoms with E-state index < -0.39 is 40.7 Å². The van der Waals surface area contributed by atoms with Crippen LogP contribution in [0.2, 0.25) is 10.0 Å². The first kappa shape index (κ1) is 28.6. The Hall–Kier alpha value is -1.96. The standard InChI is InChI=1S/C22H25Cl2F3N4O4S/c1-36(34)30-20-9-17(22(25,26)27)16(11-28-20)21(33)29-10-13(32)12-31-6-4-14(5-7-31)35-15-2-3-18(23)19(24)8-15/h2-3,8-9,11,13-14,32H,4-7,10,12H2,1H3,(H,28,30)(H,29,33)/t13-,36?/m1/s1. The van der Waals surface area contributed by atoms with Crippen molar-refractivity contribution in [2.24, 2.45) is 0 Å². The summed E-state index contributed by atoms with van der Waals surface area (Å²) in [6.07, 6.45) is -2.46. The SMILES string of the molecule is C[S+]([O-])Nc1cc(C(F)(F)F)c(C(=O)NC[C@@H](O)CN2CCC(Oc3ccc(Cl)c(Cl)c3)CC2)cn1. The zero-order valence-electron chi connectivity index (χ0n) is 19.1. The molecule has 3 N–H and O–H groups in total. The zero-order valence-corrected chi connectivity index (χ0v) is 21.5. The molecule has 14 heteroatoms. The lowest BCUT2D eigenvalue weighted by molar-refractivity contribution is -0.137. The van der Waals surface area contributed by atoms with Crippen LogP contribution in [0.4, 0.5) is 19.0 Å². The van der Waals surface area contributed by atoms with Crippen molar-refractivity contribution in [3.05, 3.63) is 51.6 Å². The topological polar surface area (TPSA) is 110 Å². The van der Waals surface area contributed by atoms with Gasteiger partial charge in [-0.15, -0.1) is 0 Å². The van der Waals surface area contributed by atoms with Gasteiger partial charge in [-0.25, -0.2) is 4.98 Å². The minimum absolute atomic E-state index is 0.0359. The fourth-order valence-electron chi connectivity index (χ4n) is 3.69. The van der Waals surface area contributed by atoms with E-state index in [1.165, 1.54) is 6.26 Å². The number of aliphatic hydroxyl groups excluding tert-OH is 1. The smallest absolute Gasteiger partial charge is 0.417 e. The number of nitrogens with one attached hydrogen (secondary N) is 2. The van der Waals surface area contributed by atoms with E-state index in [9.17, 15) is 27.6 Å². The number of rotatable bonds is 9. The number of ether oxygens (including phenoxy) is 1. The number of aromatic nitrogens is 1. The van der Waals surface area contributed by atoms with E-state index in [-0.39, 0.29) is 25.0 Å². The van der Waals surface area contributed by atoms with Crippen LogP contribution < -0.4 is 14.8 Å². The van der Waals surface area contributed by atoms with E-state index >= 15 is 0 Å². The van der Waals surface area contributed by atoms with Crippen LogP contribution in [0.15, 0.2) is 30.5 Å². The summed E-state index contributed by atoms with van der Waals surface area (Å²) in [5, 5.41) is 13.5. The number of benzene rings is 1. The van der Waals surface area contributed by atoms with Crippen molar-refractivity contribution in [2.75, 3.05) is 37.2 Å². The predicted octanol–water partition coefficient (Wildman–Crippen LogP) is 3.75. The number of amides is 1. The average Bonchev–Trinajstić information content (AvgIpc) is 2.80. The van der Waals surface area contributed by atoms with Gasteiger partial charge in [-0.1, -0.05) is 23.2 Å². The molecule has 0 aliphatic carbocycles. The summed E-state index contributed by atoms with van der Waals surface area (Å²) in [6.45, 7) is 1.25. The molecule has 1 unspecified atom stereocenters. The fraction of sp³-hybridized carbons (Fsp3) is 0.455. The Balaban J connectivity index is 1.48. The molecule has 0 saturated carbocycles. The number of nitrogens with zero attached hydrogens (tertiary/aromatic N) is 2. The van der Waals surface area contributed by atoms with Crippen LogP contribution in [-0.2, 0) is 17.5 Å². The molecule has 0 bridgehead atoms. The summed E-state index contributed by atoms with van der Waals surface area (Å²) < 4.78 is 59.8. The molecule has 2 heterocycles. The zero-order chi connectivity index (χ0) is 26.5. The highest BCUT2D eigenvalue weighted by Gasteiger charge is 2.36. The third-order valence-corrected chi connectivity index (χ3v) is 6.63. The number of pyridine rings is 1. The highest BCUT2D eigenvalue weighted by molar-refractivity contribution is 7.92. The Morgan fingerprint density at radius 2 is 2.00 bits per heavy atom. The summed E-state index contributed by atoms with van der Waals surface area (Å²) in [4.78, 5) is 18.1. The van der Waals surface area contributed by atoms with Crippen molar-refractivity contribution < 1.29 is 32.4 Å². The first-order valence-electron chi connectivity index (χ1n) is 10.9. The molecule has 1 aromatic carbocycles. The number of hydrogen-bond acceptors (Lipinski definition) is 7. The van der Waals surface area contributed by atoms with Crippen LogP contribution in [0.1, 0.15) is 28.8 Å². The van der Waals surface area contributed by atoms with Gasteiger partial charge in [-0.2, -0.15) is 17.9 Å². The third-order valence-electron chi connectivity index (χ3n) is 5.40. The van der Waals surface area contributed by atoms with Crippen molar-refractivity contribution in [3.63, 3.8) is 0 Å². The number of halogens is 5. The fourth-order valence-corrected chi connectivity index (χ4v) is 4.39. The Morgan fingerprint density at radius 3 is 2.61 bits per heavy atom. The maximum Gasteiger partial charge on any atom is 0.417 e. The summed E-state index contributed by atoms with van der Waals surface area (Å²) in [7, 11) is 0. The highest BCUT2D eigenvalue weighted by Crippen LogP contribution is 2.33. The van der Waals surface area contributed by atoms with Crippen LogP contribution in [0, 0.1) is 0 Å². The quantitative estimate of drug-likeness (QED) is 0.395.